The summed E-state index contributed by atoms with van der Waals surface area (Å²) in [5, 5.41) is 5.74. The number of rotatable bonds is 6. The molecule has 5 rings (SSSR count). The fourth-order valence-corrected chi connectivity index (χ4v) is 5.29. The highest BCUT2D eigenvalue weighted by molar-refractivity contribution is 6.06. The number of hydrogen-bond acceptors (Lipinski definition) is 4. The van der Waals surface area contributed by atoms with E-state index in [1.165, 1.54) is 18.7 Å². The van der Waals surface area contributed by atoms with Gasteiger partial charge in [0.25, 0.3) is 5.91 Å². The van der Waals surface area contributed by atoms with Gasteiger partial charge < -0.3 is 15.5 Å². The molecule has 1 aromatic heterocycles. The number of aryl methyl sites for hydroxylation is 1. The van der Waals surface area contributed by atoms with Crippen molar-refractivity contribution in [2.75, 3.05) is 17.2 Å². The average molecular weight is 501 g/mol. The minimum absolute atomic E-state index is 0.0674. The van der Waals surface area contributed by atoms with E-state index in [0.717, 1.165) is 27.8 Å². The summed E-state index contributed by atoms with van der Waals surface area (Å²) in [6, 6.07) is 16.9. The number of benzene rings is 2. The van der Waals surface area contributed by atoms with Gasteiger partial charge in [0.2, 0.25) is 11.8 Å². The molecule has 0 radical (unpaired) electrons. The predicted octanol–water partition coefficient (Wildman–Crippen LogP) is 4.09. The zero-order valence-electron chi connectivity index (χ0n) is 21.1. The van der Waals surface area contributed by atoms with Gasteiger partial charge in [-0.25, -0.2) is 9.37 Å². The lowest BCUT2D eigenvalue weighted by atomic mass is 9.79. The van der Waals surface area contributed by atoms with Crippen LogP contribution < -0.4 is 10.6 Å². The third-order valence-electron chi connectivity index (χ3n) is 7.22. The Hall–Kier alpha value is -4.07. The standard InChI is InChI=1S/C29H29FN4O3/c1-18-7-4-5-8-20(18)16-34(27(37)28(2,3)30)17-24(35)32-22-11-10-19-14-29(15-21(19)13-22)23-9-6-12-31-25(23)33-26(29)36/h4-13H,14-17H2,1-3H3,(H,32,35)(H,31,33,36). The Morgan fingerprint density at radius 3 is 2.62 bits per heavy atom. The number of nitrogens with zero attached hydrogens (tertiary/aromatic N) is 2. The van der Waals surface area contributed by atoms with Crippen molar-refractivity contribution < 1.29 is 18.8 Å². The molecule has 0 saturated carbocycles. The fraction of sp³-hybridized carbons (Fsp3) is 0.310. The quantitative estimate of drug-likeness (QED) is 0.533. The monoisotopic (exact) mass is 500 g/mol. The lowest BCUT2D eigenvalue weighted by Gasteiger charge is -2.27. The van der Waals surface area contributed by atoms with Gasteiger partial charge in [-0.05, 0) is 74.1 Å². The zero-order chi connectivity index (χ0) is 26.4. The molecular weight excluding hydrogens is 471 g/mol. The molecule has 1 atom stereocenters. The second kappa shape index (κ2) is 9.10. The highest BCUT2D eigenvalue weighted by Crippen LogP contribution is 2.46. The van der Waals surface area contributed by atoms with Crippen molar-refractivity contribution in [2.24, 2.45) is 0 Å². The molecule has 0 fully saturated rings. The Kier molecular flexibility index (Phi) is 6.06. The van der Waals surface area contributed by atoms with Gasteiger partial charge in [-0.15, -0.1) is 0 Å². The SMILES string of the molecule is Cc1ccccc1CN(CC(=O)Nc1ccc2c(c1)CC1(C2)C(=O)Nc2ncccc21)C(=O)C(C)(C)F. The smallest absolute Gasteiger partial charge is 0.260 e. The molecule has 1 unspecified atom stereocenters. The first-order chi connectivity index (χ1) is 17.6. The second-order valence-electron chi connectivity index (χ2n) is 10.4. The summed E-state index contributed by atoms with van der Waals surface area (Å²) in [5.41, 5.74) is 2.46. The lowest BCUT2D eigenvalue weighted by Crippen LogP contribution is -2.45. The van der Waals surface area contributed by atoms with Crippen molar-refractivity contribution in [3.05, 3.63) is 88.6 Å². The van der Waals surface area contributed by atoms with Crippen LogP contribution in [0.3, 0.4) is 0 Å². The van der Waals surface area contributed by atoms with Crippen molar-refractivity contribution in [3.63, 3.8) is 0 Å². The molecule has 3 aromatic rings. The van der Waals surface area contributed by atoms with Crippen molar-refractivity contribution in [1.29, 1.82) is 0 Å². The molecule has 2 aliphatic rings. The first-order valence-corrected chi connectivity index (χ1v) is 12.3. The molecule has 190 valence electrons. The van der Waals surface area contributed by atoms with Gasteiger partial charge in [0.05, 0.1) is 5.41 Å². The van der Waals surface area contributed by atoms with E-state index in [1.54, 1.807) is 12.3 Å². The number of alkyl halides is 1. The fourth-order valence-electron chi connectivity index (χ4n) is 5.29. The third-order valence-corrected chi connectivity index (χ3v) is 7.22. The van der Waals surface area contributed by atoms with Crippen LogP contribution in [0.5, 0.6) is 0 Å². The van der Waals surface area contributed by atoms with Gasteiger partial charge in [-0.2, -0.15) is 0 Å². The Balaban J connectivity index is 1.32. The van der Waals surface area contributed by atoms with Crippen molar-refractivity contribution in [3.8, 4) is 0 Å². The van der Waals surface area contributed by atoms with Crippen molar-refractivity contribution in [2.45, 2.75) is 51.2 Å². The number of nitrogens with one attached hydrogen (secondary N) is 2. The summed E-state index contributed by atoms with van der Waals surface area (Å²) in [7, 11) is 0. The topological polar surface area (TPSA) is 91.4 Å². The first kappa shape index (κ1) is 24.6. The van der Waals surface area contributed by atoms with E-state index < -0.39 is 22.9 Å². The number of carbonyl (C=O) groups excluding carboxylic acids is 3. The molecule has 1 spiro atoms. The molecule has 7 nitrogen and oxygen atoms in total. The maximum atomic E-state index is 14.6. The molecule has 0 bridgehead atoms. The first-order valence-electron chi connectivity index (χ1n) is 12.3. The molecule has 0 saturated heterocycles. The van der Waals surface area contributed by atoms with E-state index >= 15 is 0 Å². The maximum absolute atomic E-state index is 14.6. The summed E-state index contributed by atoms with van der Waals surface area (Å²) in [5.74, 6) is -0.640. The van der Waals surface area contributed by atoms with Crippen LogP contribution in [0.15, 0.2) is 60.8 Å². The van der Waals surface area contributed by atoms with Gasteiger partial charge in [0, 0.05) is 24.0 Å². The van der Waals surface area contributed by atoms with Gasteiger partial charge in [-0.1, -0.05) is 36.4 Å². The number of aromatic nitrogens is 1. The minimum atomic E-state index is -2.11. The predicted molar refractivity (Wildman–Crippen MR) is 139 cm³/mol. The summed E-state index contributed by atoms with van der Waals surface area (Å²) in [6.45, 7) is 4.14. The highest BCUT2D eigenvalue weighted by Gasteiger charge is 2.51. The molecule has 2 heterocycles. The number of fused-ring (bicyclic) bond motifs is 3. The second-order valence-corrected chi connectivity index (χ2v) is 10.4. The molecule has 37 heavy (non-hydrogen) atoms. The summed E-state index contributed by atoms with van der Waals surface area (Å²) >= 11 is 0. The van der Waals surface area contributed by atoms with Crippen LogP contribution in [0.25, 0.3) is 0 Å². The molecule has 8 heteroatoms. The summed E-state index contributed by atoms with van der Waals surface area (Å²) in [6.07, 6.45) is 2.72. The maximum Gasteiger partial charge on any atom is 0.260 e. The molecule has 2 aromatic carbocycles. The summed E-state index contributed by atoms with van der Waals surface area (Å²) < 4.78 is 14.6. The number of carbonyl (C=O) groups is 3. The van der Waals surface area contributed by atoms with Crippen LogP contribution in [-0.4, -0.2) is 39.8 Å². The highest BCUT2D eigenvalue weighted by atomic mass is 19.1. The molecule has 1 aliphatic heterocycles. The van der Waals surface area contributed by atoms with Crippen molar-refractivity contribution in [1.82, 2.24) is 9.88 Å². The van der Waals surface area contributed by atoms with Crippen LogP contribution in [0, 0.1) is 6.92 Å². The van der Waals surface area contributed by atoms with E-state index in [-0.39, 0.29) is 19.0 Å². The number of halogens is 1. The Labute approximate surface area is 215 Å². The van der Waals surface area contributed by atoms with Crippen LogP contribution in [0.1, 0.15) is 41.7 Å². The number of pyridine rings is 1. The zero-order valence-corrected chi connectivity index (χ0v) is 21.1. The third kappa shape index (κ3) is 4.59. The van der Waals surface area contributed by atoms with Gasteiger partial charge in [-0.3, -0.25) is 14.4 Å². The Morgan fingerprint density at radius 2 is 1.86 bits per heavy atom. The minimum Gasteiger partial charge on any atom is -0.326 e. The van der Waals surface area contributed by atoms with E-state index in [0.29, 0.717) is 24.3 Å². The molecule has 2 N–H and O–H groups in total. The van der Waals surface area contributed by atoms with E-state index in [2.05, 4.69) is 15.6 Å². The Morgan fingerprint density at radius 1 is 1.11 bits per heavy atom. The van der Waals surface area contributed by atoms with Crippen LogP contribution in [-0.2, 0) is 39.2 Å². The number of amides is 3. The van der Waals surface area contributed by atoms with E-state index in [1.807, 2.05) is 55.5 Å². The van der Waals surface area contributed by atoms with Gasteiger partial charge >= 0.3 is 0 Å². The van der Waals surface area contributed by atoms with Crippen LogP contribution in [0.4, 0.5) is 15.9 Å². The number of hydrogen-bond donors (Lipinski definition) is 2. The summed E-state index contributed by atoms with van der Waals surface area (Å²) in [4.78, 5) is 44.3. The molecule has 3 amide bonds. The van der Waals surface area contributed by atoms with Crippen molar-refractivity contribution >= 4 is 29.2 Å². The van der Waals surface area contributed by atoms with E-state index in [4.69, 9.17) is 0 Å². The van der Waals surface area contributed by atoms with Crippen LogP contribution in [0.2, 0.25) is 0 Å². The van der Waals surface area contributed by atoms with Crippen LogP contribution >= 0.6 is 0 Å². The largest absolute Gasteiger partial charge is 0.326 e. The molecule has 1 aliphatic carbocycles. The number of anilines is 2. The lowest BCUT2D eigenvalue weighted by molar-refractivity contribution is -0.144. The van der Waals surface area contributed by atoms with Gasteiger partial charge in [0.15, 0.2) is 5.67 Å². The van der Waals surface area contributed by atoms with E-state index in [9.17, 15) is 18.8 Å². The average Bonchev–Trinajstić information content (AvgIpc) is 3.36. The molecular formula is C29H29FN4O3. The normalized spacial score (nSPS) is 17.8. The Bertz CT molecular complexity index is 1410. The van der Waals surface area contributed by atoms with Gasteiger partial charge in [0.1, 0.15) is 12.4 Å².